The van der Waals surface area contributed by atoms with Crippen molar-refractivity contribution < 1.29 is 24.1 Å². The van der Waals surface area contributed by atoms with Gasteiger partial charge in [0.2, 0.25) is 0 Å². The second kappa shape index (κ2) is 9.17. The Labute approximate surface area is 149 Å². The number of hydrogen-bond acceptors (Lipinski definition) is 5. The minimum atomic E-state index is -0.595. The van der Waals surface area contributed by atoms with Gasteiger partial charge in [0.05, 0.1) is 38.6 Å². The molecular formula is C19H29NO5. The van der Waals surface area contributed by atoms with Gasteiger partial charge in [0.25, 0.3) is 0 Å². The smallest absolute Gasteiger partial charge is 0.410 e. The van der Waals surface area contributed by atoms with Gasteiger partial charge in [-0.15, -0.1) is 0 Å². The van der Waals surface area contributed by atoms with Crippen LogP contribution in [-0.4, -0.2) is 60.2 Å². The predicted molar refractivity (Wildman–Crippen MR) is 94.3 cm³/mol. The van der Waals surface area contributed by atoms with Gasteiger partial charge in [0, 0.05) is 6.54 Å². The average Bonchev–Trinajstić information content (AvgIpc) is 2.53. The number of carbonyl (C=O) groups excluding carboxylic acids is 1. The molecule has 1 amide bonds. The highest BCUT2D eigenvalue weighted by atomic mass is 16.6. The summed E-state index contributed by atoms with van der Waals surface area (Å²) in [4.78, 5) is 13.9. The van der Waals surface area contributed by atoms with E-state index in [4.69, 9.17) is 14.2 Å². The molecule has 0 spiro atoms. The first-order valence-electron chi connectivity index (χ1n) is 8.73. The molecule has 1 aliphatic rings. The minimum absolute atomic E-state index is 0.252. The topological polar surface area (TPSA) is 68.2 Å². The zero-order valence-corrected chi connectivity index (χ0v) is 15.3. The van der Waals surface area contributed by atoms with Gasteiger partial charge in [-0.05, 0) is 32.8 Å². The van der Waals surface area contributed by atoms with Crippen molar-refractivity contribution >= 4 is 6.09 Å². The highest BCUT2D eigenvalue weighted by Gasteiger charge is 2.28. The number of aliphatic hydroxyl groups excluding tert-OH is 1. The molecule has 1 unspecified atom stereocenters. The molecule has 0 aliphatic carbocycles. The first-order valence-corrected chi connectivity index (χ1v) is 8.73. The molecule has 1 aromatic carbocycles. The largest absolute Gasteiger partial charge is 0.444 e. The fourth-order valence-corrected chi connectivity index (χ4v) is 2.50. The molecule has 0 saturated carbocycles. The summed E-state index contributed by atoms with van der Waals surface area (Å²) >= 11 is 0. The normalized spacial score (nSPS) is 22.2. The van der Waals surface area contributed by atoms with Crippen LogP contribution in [0.3, 0.4) is 0 Å². The van der Waals surface area contributed by atoms with Crippen molar-refractivity contribution in [1.29, 1.82) is 0 Å². The van der Waals surface area contributed by atoms with Crippen molar-refractivity contribution in [3.8, 4) is 0 Å². The Balaban J connectivity index is 1.89. The molecule has 2 rings (SSSR count). The molecule has 0 bridgehead atoms. The summed E-state index contributed by atoms with van der Waals surface area (Å²) < 4.78 is 16.9. The number of rotatable bonds is 4. The molecule has 6 nitrogen and oxygen atoms in total. The standard InChI is InChI=1S/C19H29NO5/c1-19(2,3)25-18(22)20-10-9-16(21)13-24-17(11-20)14-23-12-15-7-5-4-6-8-15/h4-8,16-17,21H,9-14H2,1-3H3/t16?,17-/m0/s1. The monoisotopic (exact) mass is 351 g/mol. The number of nitrogens with zero attached hydrogens (tertiary/aromatic N) is 1. The predicted octanol–water partition coefficient (Wildman–Crippen LogP) is 2.59. The van der Waals surface area contributed by atoms with E-state index in [-0.39, 0.29) is 12.7 Å². The van der Waals surface area contributed by atoms with Crippen LogP contribution in [-0.2, 0) is 20.8 Å². The summed E-state index contributed by atoms with van der Waals surface area (Å²) in [5.41, 5.74) is 0.524. The van der Waals surface area contributed by atoms with E-state index in [1.54, 1.807) is 4.90 Å². The maximum Gasteiger partial charge on any atom is 0.410 e. The van der Waals surface area contributed by atoms with Gasteiger partial charge in [-0.1, -0.05) is 30.3 Å². The van der Waals surface area contributed by atoms with E-state index in [0.717, 1.165) is 5.56 Å². The number of hydrogen-bond donors (Lipinski definition) is 1. The molecule has 6 heteroatoms. The molecule has 1 aliphatic heterocycles. The van der Waals surface area contributed by atoms with Crippen molar-refractivity contribution in [3.05, 3.63) is 35.9 Å². The lowest BCUT2D eigenvalue weighted by molar-refractivity contribution is -0.0801. The van der Waals surface area contributed by atoms with Crippen LogP contribution in [0.2, 0.25) is 0 Å². The summed E-state index contributed by atoms with van der Waals surface area (Å²) in [6.07, 6.45) is -0.817. The molecular weight excluding hydrogens is 322 g/mol. The van der Waals surface area contributed by atoms with Gasteiger partial charge in [0.1, 0.15) is 5.60 Å². The quantitative estimate of drug-likeness (QED) is 0.903. The highest BCUT2D eigenvalue weighted by molar-refractivity contribution is 5.68. The van der Waals surface area contributed by atoms with Crippen LogP contribution >= 0.6 is 0 Å². The van der Waals surface area contributed by atoms with Crippen LogP contribution < -0.4 is 0 Å². The van der Waals surface area contributed by atoms with Crippen LogP contribution in [0.5, 0.6) is 0 Å². The Morgan fingerprint density at radius 2 is 2.04 bits per heavy atom. The van der Waals surface area contributed by atoms with Crippen LogP contribution in [0.4, 0.5) is 4.79 Å². The summed E-state index contributed by atoms with van der Waals surface area (Å²) in [5.74, 6) is 0. The van der Waals surface area contributed by atoms with Crippen molar-refractivity contribution in [2.24, 2.45) is 0 Å². The van der Waals surface area contributed by atoms with E-state index in [1.165, 1.54) is 0 Å². The van der Waals surface area contributed by atoms with E-state index < -0.39 is 17.8 Å². The number of benzene rings is 1. The number of carbonyl (C=O) groups is 1. The fourth-order valence-electron chi connectivity index (χ4n) is 2.50. The molecule has 1 fully saturated rings. The van der Waals surface area contributed by atoms with Crippen molar-refractivity contribution in [3.63, 3.8) is 0 Å². The van der Waals surface area contributed by atoms with Crippen molar-refractivity contribution in [2.75, 3.05) is 26.3 Å². The van der Waals surface area contributed by atoms with Crippen LogP contribution in [0.1, 0.15) is 32.8 Å². The second-order valence-electron chi connectivity index (χ2n) is 7.32. The van der Waals surface area contributed by atoms with Crippen molar-refractivity contribution in [1.82, 2.24) is 4.90 Å². The second-order valence-corrected chi connectivity index (χ2v) is 7.32. The lowest BCUT2D eigenvalue weighted by Gasteiger charge is -2.33. The molecule has 1 saturated heterocycles. The molecule has 0 radical (unpaired) electrons. The van der Waals surface area contributed by atoms with Crippen LogP contribution in [0, 0.1) is 0 Å². The Morgan fingerprint density at radius 1 is 1.32 bits per heavy atom. The highest BCUT2D eigenvalue weighted by Crippen LogP contribution is 2.14. The van der Waals surface area contributed by atoms with Gasteiger partial charge in [-0.25, -0.2) is 4.79 Å². The van der Waals surface area contributed by atoms with Gasteiger partial charge in [0.15, 0.2) is 0 Å². The Kier molecular flexibility index (Phi) is 7.23. The first-order chi connectivity index (χ1) is 11.8. The number of aliphatic hydroxyl groups is 1. The van der Waals surface area contributed by atoms with E-state index in [1.807, 2.05) is 51.1 Å². The zero-order chi connectivity index (χ0) is 18.3. The van der Waals surface area contributed by atoms with Gasteiger partial charge < -0.3 is 24.2 Å². The fraction of sp³-hybridized carbons (Fsp3) is 0.632. The molecule has 25 heavy (non-hydrogen) atoms. The van der Waals surface area contributed by atoms with E-state index in [2.05, 4.69) is 0 Å². The lowest BCUT2D eigenvalue weighted by atomic mass is 10.2. The molecule has 0 aromatic heterocycles. The summed E-state index contributed by atoms with van der Waals surface area (Å²) in [7, 11) is 0. The molecule has 2 atom stereocenters. The van der Waals surface area contributed by atoms with Gasteiger partial charge in [-0.3, -0.25) is 0 Å². The lowest BCUT2D eigenvalue weighted by Crippen LogP contribution is -2.46. The van der Waals surface area contributed by atoms with Crippen LogP contribution in [0.15, 0.2) is 30.3 Å². The van der Waals surface area contributed by atoms with Gasteiger partial charge >= 0.3 is 6.09 Å². The Morgan fingerprint density at radius 3 is 2.72 bits per heavy atom. The third kappa shape index (κ3) is 7.42. The van der Waals surface area contributed by atoms with E-state index in [0.29, 0.717) is 32.7 Å². The maximum absolute atomic E-state index is 12.4. The molecule has 1 aromatic rings. The Bertz CT molecular complexity index is 528. The van der Waals surface area contributed by atoms with Crippen molar-refractivity contribution in [2.45, 2.75) is 51.6 Å². The summed E-state index contributed by atoms with van der Waals surface area (Å²) in [5, 5.41) is 9.92. The molecule has 1 N–H and O–H groups in total. The third-order valence-corrected chi connectivity index (χ3v) is 3.75. The SMILES string of the molecule is CC(C)(C)OC(=O)N1CCC(O)CO[C@H](COCc2ccccc2)C1. The maximum atomic E-state index is 12.4. The average molecular weight is 351 g/mol. The zero-order valence-electron chi connectivity index (χ0n) is 15.3. The van der Waals surface area contributed by atoms with E-state index in [9.17, 15) is 9.90 Å². The molecule has 140 valence electrons. The third-order valence-electron chi connectivity index (χ3n) is 3.75. The summed E-state index contributed by atoms with van der Waals surface area (Å²) in [6.45, 7) is 7.41. The first kappa shape index (κ1) is 19.7. The Hall–Kier alpha value is -1.63. The summed E-state index contributed by atoms with van der Waals surface area (Å²) in [6, 6.07) is 9.88. The minimum Gasteiger partial charge on any atom is -0.444 e. The number of ether oxygens (including phenoxy) is 3. The van der Waals surface area contributed by atoms with Crippen LogP contribution in [0.25, 0.3) is 0 Å². The number of amides is 1. The van der Waals surface area contributed by atoms with Gasteiger partial charge in [-0.2, -0.15) is 0 Å². The van der Waals surface area contributed by atoms with E-state index >= 15 is 0 Å². The molecule has 1 heterocycles.